The van der Waals surface area contributed by atoms with Gasteiger partial charge in [-0.1, -0.05) is 41.9 Å². The molecule has 2 aromatic carbocycles. The van der Waals surface area contributed by atoms with Crippen LogP contribution in [0.5, 0.6) is 0 Å². The first-order valence-electron chi connectivity index (χ1n) is 6.72. The maximum absolute atomic E-state index is 13.5. The minimum absolute atomic E-state index is 0.00318. The van der Waals surface area contributed by atoms with E-state index >= 15 is 0 Å². The minimum atomic E-state index is -0.328. The molecule has 2 rings (SSSR count). The van der Waals surface area contributed by atoms with Crippen molar-refractivity contribution in [2.24, 2.45) is 0 Å². The Balaban J connectivity index is 1.87. The summed E-state index contributed by atoms with van der Waals surface area (Å²) in [5, 5.41) is 0.692. The molecule has 0 aromatic heterocycles. The van der Waals surface area contributed by atoms with Gasteiger partial charge in [-0.05, 0) is 36.4 Å². The van der Waals surface area contributed by atoms with Crippen molar-refractivity contribution < 1.29 is 9.18 Å². The number of carbonyl (C=O) groups excluding carboxylic acids is 1. The molecule has 0 radical (unpaired) electrons. The fourth-order valence-corrected chi connectivity index (χ4v) is 2.29. The zero-order chi connectivity index (χ0) is 15.2. The number of likely N-dealkylation sites (N-methyl/N-ethyl adjacent to an activating group) is 1. The van der Waals surface area contributed by atoms with E-state index < -0.39 is 0 Å². The van der Waals surface area contributed by atoms with E-state index in [1.807, 2.05) is 36.2 Å². The molecule has 2 aromatic rings. The first-order chi connectivity index (χ1) is 10.0. The monoisotopic (exact) mass is 305 g/mol. The molecule has 110 valence electrons. The summed E-state index contributed by atoms with van der Waals surface area (Å²) in [6, 6.07) is 13.9. The molecule has 2 nitrogen and oxygen atoms in total. The number of hydrogen-bond acceptors (Lipinski definition) is 2. The molecule has 21 heavy (non-hydrogen) atoms. The second-order valence-corrected chi connectivity index (χ2v) is 5.54. The van der Waals surface area contributed by atoms with Gasteiger partial charge < -0.3 is 0 Å². The van der Waals surface area contributed by atoms with Gasteiger partial charge in [0.15, 0.2) is 5.78 Å². The molecule has 0 fully saturated rings. The standard InChI is InChI=1S/C17H17ClFNO/c1-20(11-13-6-8-15(18)9-7-13)12-16(21)10-14-4-2-3-5-17(14)19/h2-9H,10-12H2,1H3. The zero-order valence-electron chi connectivity index (χ0n) is 11.9. The maximum Gasteiger partial charge on any atom is 0.151 e. The van der Waals surface area contributed by atoms with E-state index in [4.69, 9.17) is 11.6 Å². The Bertz CT molecular complexity index is 612. The summed E-state index contributed by atoms with van der Waals surface area (Å²) < 4.78 is 13.5. The Morgan fingerprint density at radius 2 is 1.81 bits per heavy atom. The molecule has 0 heterocycles. The molecular formula is C17H17ClFNO. The summed E-state index contributed by atoms with van der Waals surface area (Å²) in [5.41, 5.74) is 1.53. The van der Waals surface area contributed by atoms with Crippen LogP contribution in [-0.2, 0) is 17.8 Å². The van der Waals surface area contributed by atoms with Crippen molar-refractivity contribution in [2.75, 3.05) is 13.6 Å². The first-order valence-corrected chi connectivity index (χ1v) is 7.10. The third kappa shape index (κ3) is 4.96. The van der Waals surface area contributed by atoms with Crippen LogP contribution < -0.4 is 0 Å². The van der Waals surface area contributed by atoms with Gasteiger partial charge in [0.2, 0.25) is 0 Å². The summed E-state index contributed by atoms with van der Waals surface area (Å²) >= 11 is 5.83. The number of ketones is 1. The van der Waals surface area contributed by atoms with Crippen LogP contribution in [-0.4, -0.2) is 24.3 Å². The molecule has 0 aliphatic carbocycles. The Labute approximate surface area is 129 Å². The van der Waals surface area contributed by atoms with E-state index in [0.29, 0.717) is 17.1 Å². The third-order valence-corrected chi connectivity index (χ3v) is 3.41. The number of carbonyl (C=O) groups is 1. The van der Waals surface area contributed by atoms with Crippen molar-refractivity contribution in [3.63, 3.8) is 0 Å². The smallest absolute Gasteiger partial charge is 0.151 e. The Morgan fingerprint density at radius 1 is 1.14 bits per heavy atom. The van der Waals surface area contributed by atoms with Crippen LogP contribution in [0.25, 0.3) is 0 Å². The molecular weight excluding hydrogens is 289 g/mol. The largest absolute Gasteiger partial charge is 0.298 e. The molecule has 0 saturated heterocycles. The normalized spacial score (nSPS) is 10.9. The lowest BCUT2D eigenvalue weighted by molar-refractivity contribution is -0.119. The van der Waals surface area contributed by atoms with Crippen LogP contribution in [0.3, 0.4) is 0 Å². The molecule has 0 saturated carbocycles. The van der Waals surface area contributed by atoms with E-state index in [-0.39, 0.29) is 24.6 Å². The summed E-state index contributed by atoms with van der Waals surface area (Å²) in [5.74, 6) is -0.331. The molecule has 0 amide bonds. The number of Topliss-reactive ketones (excluding diaryl/α,β-unsaturated/α-hetero) is 1. The van der Waals surface area contributed by atoms with Crippen molar-refractivity contribution in [3.05, 3.63) is 70.5 Å². The molecule has 0 aliphatic rings. The number of halogens is 2. The number of nitrogens with zero attached hydrogens (tertiary/aromatic N) is 1. The van der Waals surface area contributed by atoms with Crippen molar-refractivity contribution >= 4 is 17.4 Å². The summed E-state index contributed by atoms with van der Waals surface area (Å²) in [6.07, 6.45) is 0.123. The van der Waals surface area contributed by atoms with Gasteiger partial charge in [0.05, 0.1) is 6.54 Å². The van der Waals surface area contributed by atoms with Gasteiger partial charge >= 0.3 is 0 Å². The maximum atomic E-state index is 13.5. The van der Waals surface area contributed by atoms with Crippen molar-refractivity contribution in [1.82, 2.24) is 4.90 Å². The van der Waals surface area contributed by atoms with Crippen LogP contribution in [0, 0.1) is 5.82 Å². The molecule has 0 unspecified atom stereocenters. The summed E-state index contributed by atoms with van der Waals surface area (Å²) in [6.45, 7) is 0.942. The Kier molecular flexibility index (Phi) is 5.48. The number of benzene rings is 2. The van der Waals surface area contributed by atoms with Gasteiger partial charge in [-0.2, -0.15) is 0 Å². The highest BCUT2D eigenvalue weighted by atomic mass is 35.5. The van der Waals surface area contributed by atoms with Gasteiger partial charge in [-0.25, -0.2) is 4.39 Å². The van der Waals surface area contributed by atoms with Gasteiger partial charge in [-0.15, -0.1) is 0 Å². The lowest BCUT2D eigenvalue weighted by atomic mass is 10.1. The molecule has 0 spiro atoms. The van der Waals surface area contributed by atoms with Gasteiger partial charge in [0, 0.05) is 18.0 Å². The molecule has 0 N–H and O–H groups in total. The van der Waals surface area contributed by atoms with E-state index in [2.05, 4.69) is 0 Å². The lowest BCUT2D eigenvalue weighted by Gasteiger charge is -2.16. The van der Waals surface area contributed by atoms with Crippen molar-refractivity contribution in [1.29, 1.82) is 0 Å². The third-order valence-electron chi connectivity index (χ3n) is 3.16. The predicted octanol–water partition coefficient (Wildman–Crippen LogP) is 3.72. The Morgan fingerprint density at radius 3 is 2.48 bits per heavy atom. The highest BCUT2D eigenvalue weighted by Gasteiger charge is 2.10. The molecule has 0 bridgehead atoms. The van der Waals surface area contributed by atoms with Crippen molar-refractivity contribution in [2.45, 2.75) is 13.0 Å². The summed E-state index contributed by atoms with van der Waals surface area (Å²) in [7, 11) is 1.87. The van der Waals surface area contributed by atoms with Gasteiger partial charge in [0.1, 0.15) is 5.82 Å². The average Bonchev–Trinajstić information content (AvgIpc) is 2.44. The van der Waals surface area contributed by atoms with E-state index in [0.717, 1.165) is 5.56 Å². The van der Waals surface area contributed by atoms with E-state index in [9.17, 15) is 9.18 Å². The number of rotatable bonds is 6. The minimum Gasteiger partial charge on any atom is -0.298 e. The van der Waals surface area contributed by atoms with Crippen LogP contribution in [0.15, 0.2) is 48.5 Å². The SMILES string of the molecule is CN(CC(=O)Cc1ccccc1F)Cc1ccc(Cl)cc1. The highest BCUT2D eigenvalue weighted by Crippen LogP contribution is 2.11. The van der Waals surface area contributed by atoms with Crippen LogP contribution in [0.1, 0.15) is 11.1 Å². The van der Waals surface area contributed by atoms with Crippen LogP contribution in [0.2, 0.25) is 5.02 Å². The van der Waals surface area contributed by atoms with Crippen molar-refractivity contribution in [3.8, 4) is 0 Å². The fourth-order valence-electron chi connectivity index (χ4n) is 2.17. The topological polar surface area (TPSA) is 20.3 Å². The van der Waals surface area contributed by atoms with E-state index in [1.165, 1.54) is 6.07 Å². The molecule has 4 heteroatoms. The summed E-state index contributed by atoms with van der Waals surface area (Å²) in [4.78, 5) is 13.9. The van der Waals surface area contributed by atoms with E-state index in [1.54, 1.807) is 18.2 Å². The fraction of sp³-hybridized carbons (Fsp3) is 0.235. The zero-order valence-corrected chi connectivity index (χ0v) is 12.6. The Hall–Kier alpha value is -1.71. The second-order valence-electron chi connectivity index (χ2n) is 5.11. The second kappa shape index (κ2) is 7.34. The van der Waals surface area contributed by atoms with Crippen LogP contribution in [0.4, 0.5) is 4.39 Å². The number of hydrogen-bond donors (Lipinski definition) is 0. The highest BCUT2D eigenvalue weighted by molar-refractivity contribution is 6.30. The first kappa shape index (κ1) is 15.7. The van der Waals surface area contributed by atoms with Gasteiger partial charge in [0.25, 0.3) is 0 Å². The quantitative estimate of drug-likeness (QED) is 0.810. The van der Waals surface area contributed by atoms with Crippen LogP contribution >= 0.6 is 11.6 Å². The van der Waals surface area contributed by atoms with Gasteiger partial charge in [-0.3, -0.25) is 9.69 Å². The predicted molar refractivity (Wildman–Crippen MR) is 82.9 cm³/mol. The molecule has 0 aliphatic heterocycles. The molecule has 0 atom stereocenters. The lowest BCUT2D eigenvalue weighted by Crippen LogP contribution is -2.26. The average molecular weight is 306 g/mol.